The minimum atomic E-state index is -3.73. The number of nitrogens with one attached hydrogen (secondary N) is 1. The Morgan fingerprint density at radius 1 is 1.06 bits per heavy atom. The molecule has 1 saturated heterocycles. The number of hydrogen-bond acceptors (Lipinski definition) is 5. The fraction of sp³-hybridized carbons (Fsp3) is 0.273. The van der Waals surface area contributed by atoms with Crippen molar-refractivity contribution >= 4 is 32.7 Å². The van der Waals surface area contributed by atoms with Crippen LogP contribution >= 0.6 is 0 Å². The SMILES string of the molecule is O=C(C(=O)N1CCC(CNS(=O)(=O)c2ccc(F)cc2)CC1)c1cc2ccccc2o1. The zero-order chi connectivity index (χ0) is 22.0. The average molecular weight is 444 g/mol. The zero-order valence-electron chi connectivity index (χ0n) is 16.6. The van der Waals surface area contributed by atoms with Crippen LogP contribution in [0.5, 0.6) is 0 Å². The van der Waals surface area contributed by atoms with Crippen molar-refractivity contribution in [2.24, 2.45) is 5.92 Å². The number of carbonyl (C=O) groups excluding carboxylic acids is 2. The molecular weight excluding hydrogens is 423 g/mol. The van der Waals surface area contributed by atoms with Crippen molar-refractivity contribution in [2.45, 2.75) is 17.7 Å². The molecule has 1 aliphatic heterocycles. The molecule has 9 heteroatoms. The number of para-hydroxylation sites is 1. The predicted molar refractivity (Wildman–Crippen MR) is 111 cm³/mol. The molecule has 7 nitrogen and oxygen atoms in total. The molecule has 2 heterocycles. The van der Waals surface area contributed by atoms with Gasteiger partial charge in [-0.15, -0.1) is 0 Å². The molecule has 0 spiro atoms. The second-order valence-corrected chi connectivity index (χ2v) is 9.29. The summed E-state index contributed by atoms with van der Waals surface area (Å²) >= 11 is 0. The summed E-state index contributed by atoms with van der Waals surface area (Å²) < 4.78 is 45.7. The first-order chi connectivity index (χ1) is 14.8. The van der Waals surface area contributed by atoms with E-state index < -0.39 is 27.5 Å². The summed E-state index contributed by atoms with van der Waals surface area (Å²) in [7, 11) is -3.73. The number of halogens is 1. The molecule has 0 saturated carbocycles. The summed E-state index contributed by atoms with van der Waals surface area (Å²) in [4.78, 5) is 26.6. The maximum Gasteiger partial charge on any atom is 0.298 e. The number of Topliss-reactive ketones (excluding diaryl/α,β-unsaturated/α-hetero) is 1. The predicted octanol–water partition coefficient (Wildman–Crippen LogP) is 2.97. The van der Waals surface area contributed by atoms with Gasteiger partial charge in [-0.1, -0.05) is 18.2 Å². The maximum absolute atomic E-state index is 13.0. The number of amides is 1. The van der Waals surface area contributed by atoms with E-state index in [2.05, 4.69) is 4.72 Å². The molecule has 1 fully saturated rings. The highest BCUT2D eigenvalue weighted by atomic mass is 32.2. The summed E-state index contributed by atoms with van der Waals surface area (Å²) in [6, 6.07) is 13.3. The minimum absolute atomic E-state index is 0.00190. The van der Waals surface area contributed by atoms with E-state index in [0.29, 0.717) is 31.5 Å². The average Bonchev–Trinajstić information content (AvgIpc) is 3.22. The molecule has 1 N–H and O–H groups in total. The van der Waals surface area contributed by atoms with Crippen molar-refractivity contribution in [1.82, 2.24) is 9.62 Å². The number of fused-ring (bicyclic) bond motifs is 1. The van der Waals surface area contributed by atoms with Gasteiger partial charge in [-0.05, 0) is 55.2 Å². The molecular formula is C22H21FN2O5S. The standard InChI is InChI=1S/C22H21FN2O5S/c23-17-5-7-18(8-6-17)31(28,29)24-14-15-9-11-25(12-10-15)22(27)21(26)20-13-16-3-1-2-4-19(16)30-20/h1-8,13,15,24H,9-12,14H2. The molecule has 31 heavy (non-hydrogen) atoms. The maximum atomic E-state index is 13.0. The van der Waals surface area contributed by atoms with Crippen LogP contribution in [-0.4, -0.2) is 44.6 Å². The highest BCUT2D eigenvalue weighted by molar-refractivity contribution is 7.89. The van der Waals surface area contributed by atoms with Gasteiger partial charge in [0.15, 0.2) is 5.76 Å². The van der Waals surface area contributed by atoms with Gasteiger partial charge in [0.25, 0.3) is 11.7 Å². The lowest BCUT2D eigenvalue weighted by Crippen LogP contribution is -2.44. The molecule has 1 amide bonds. The van der Waals surface area contributed by atoms with Gasteiger partial charge in [0.2, 0.25) is 10.0 Å². The van der Waals surface area contributed by atoms with Crippen LogP contribution in [0.25, 0.3) is 11.0 Å². The van der Waals surface area contributed by atoms with Crippen molar-refractivity contribution < 1.29 is 26.8 Å². The van der Waals surface area contributed by atoms with Crippen LogP contribution in [0.1, 0.15) is 23.4 Å². The van der Waals surface area contributed by atoms with E-state index in [1.807, 2.05) is 6.07 Å². The molecule has 0 bridgehead atoms. The minimum Gasteiger partial charge on any atom is -0.452 e. The Morgan fingerprint density at radius 3 is 2.42 bits per heavy atom. The van der Waals surface area contributed by atoms with Crippen LogP contribution in [0.2, 0.25) is 0 Å². The Morgan fingerprint density at radius 2 is 1.74 bits per heavy atom. The Labute approximate surface area is 178 Å². The molecule has 0 radical (unpaired) electrons. The summed E-state index contributed by atoms with van der Waals surface area (Å²) in [5, 5.41) is 0.755. The number of sulfonamides is 1. The third-order valence-electron chi connectivity index (χ3n) is 5.43. The van der Waals surface area contributed by atoms with E-state index in [1.54, 1.807) is 24.3 Å². The van der Waals surface area contributed by atoms with Crippen LogP contribution in [0.4, 0.5) is 4.39 Å². The number of nitrogens with zero attached hydrogens (tertiary/aromatic N) is 1. The van der Waals surface area contributed by atoms with Crippen LogP contribution in [0.15, 0.2) is 63.9 Å². The van der Waals surface area contributed by atoms with E-state index in [4.69, 9.17) is 4.42 Å². The smallest absolute Gasteiger partial charge is 0.298 e. The van der Waals surface area contributed by atoms with E-state index in [-0.39, 0.29) is 23.1 Å². The van der Waals surface area contributed by atoms with Crippen LogP contribution in [0, 0.1) is 11.7 Å². The first-order valence-corrected chi connectivity index (χ1v) is 11.4. The Kier molecular flexibility index (Phi) is 5.88. The van der Waals surface area contributed by atoms with Crippen molar-refractivity contribution in [2.75, 3.05) is 19.6 Å². The van der Waals surface area contributed by atoms with Crippen molar-refractivity contribution in [3.05, 3.63) is 66.2 Å². The molecule has 0 aliphatic carbocycles. The first kappa shape index (κ1) is 21.2. The fourth-order valence-corrected chi connectivity index (χ4v) is 4.72. The van der Waals surface area contributed by atoms with E-state index in [1.165, 1.54) is 17.0 Å². The highest BCUT2D eigenvalue weighted by Gasteiger charge is 2.30. The van der Waals surface area contributed by atoms with Gasteiger partial charge in [-0.2, -0.15) is 0 Å². The second-order valence-electron chi connectivity index (χ2n) is 7.52. The Bertz CT molecular complexity index is 1180. The highest BCUT2D eigenvalue weighted by Crippen LogP contribution is 2.22. The molecule has 0 atom stereocenters. The number of carbonyl (C=O) groups is 2. The number of benzene rings is 2. The number of ketones is 1. The van der Waals surface area contributed by atoms with Gasteiger partial charge in [-0.25, -0.2) is 17.5 Å². The molecule has 0 unspecified atom stereocenters. The van der Waals surface area contributed by atoms with Gasteiger partial charge < -0.3 is 9.32 Å². The van der Waals surface area contributed by atoms with Crippen molar-refractivity contribution in [1.29, 1.82) is 0 Å². The van der Waals surface area contributed by atoms with E-state index in [9.17, 15) is 22.4 Å². The van der Waals surface area contributed by atoms with Gasteiger partial charge in [0.05, 0.1) is 4.90 Å². The number of piperidine rings is 1. The molecule has 1 aliphatic rings. The summed E-state index contributed by atoms with van der Waals surface area (Å²) in [5.41, 5.74) is 0.547. The number of likely N-dealkylation sites (tertiary alicyclic amines) is 1. The number of furan rings is 1. The molecule has 2 aromatic carbocycles. The number of rotatable bonds is 6. The lowest BCUT2D eigenvalue weighted by Gasteiger charge is -2.31. The zero-order valence-corrected chi connectivity index (χ0v) is 17.4. The van der Waals surface area contributed by atoms with E-state index >= 15 is 0 Å². The lowest BCUT2D eigenvalue weighted by molar-refractivity contribution is -0.127. The summed E-state index contributed by atoms with van der Waals surface area (Å²) in [6.45, 7) is 0.917. The largest absolute Gasteiger partial charge is 0.452 e. The van der Waals surface area contributed by atoms with Gasteiger partial charge in [0.1, 0.15) is 11.4 Å². The van der Waals surface area contributed by atoms with Gasteiger partial charge in [0, 0.05) is 25.0 Å². The molecule has 3 aromatic rings. The third-order valence-corrected chi connectivity index (χ3v) is 6.87. The van der Waals surface area contributed by atoms with Crippen LogP contribution in [0.3, 0.4) is 0 Å². The van der Waals surface area contributed by atoms with E-state index in [0.717, 1.165) is 17.5 Å². The molecule has 1 aromatic heterocycles. The van der Waals surface area contributed by atoms with Crippen molar-refractivity contribution in [3.63, 3.8) is 0 Å². The fourth-order valence-electron chi connectivity index (χ4n) is 3.61. The summed E-state index contributed by atoms with van der Waals surface area (Å²) in [6.07, 6.45) is 1.12. The van der Waals surface area contributed by atoms with Crippen molar-refractivity contribution in [3.8, 4) is 0 Å². The Balaban J connectivity index is 1.31. The topological polar surface area (TPSA) is 96.7 Å². The van der Waals surface area contributed by atoms with Gasteiger partial charge in [-0.3, -0.25) is 9.59 Å². The second kappa shape index (κ2) is 8.60. The molecule has 162 valence electrons. The monoisotopic (exact) mass is 444 g/mol. The quantitative estimate of drug-likeness (QED) is 0.466. The lowest BCUT2D eigenvalue weighted by atomic mass is 9.97. The Hall–Kier alpha value is -3.04. The normalized spacial score (nSPS) is 15.3. The van der Waals surface area contributed by atoms with Gasteiger partial charge >= 0.3 is 0 Å². The molecule has 4 rings (SSSR count). The van der Waals surface area contributed by atoms with Crippen LogP contribution in [-0.2, 0) is 14.8 Å². The van der Waals surface area contributed by atoms with Crippen LogP contribution < -0.4 is 4.72 Å². The first-order valence-electron chi connectivity index (χ1n) is 9.91. The summed E-state index contributed by atoms with van der Waals surface area (Å²) in [5.74, 6) is -1.77. The third kappa shape index (κ3) is 4.67. The number of hydrogen-bond donors (Lipinski definition) is 1.